The molecule has 86 valence electrons. The number of amides is 1. The molecule has 0 spiro atoms. The maximum absolute atomic E-state index is 11.5. The molecular formula is C8H6N6O3. The van der Waals surface area contributed by atoms with E-state index in [0.717, 1.165) is 0 Å². The maximum Gasteiger partial charge on any atom is 0.337 e. The number of carbonyl (C=O) groups excluding carboxylic acids is 1. The Balaban J connectivity index is 2.16. The summed E-state index contributed by atoms with van der Waals surface area (Å²) in [6, 6.07) is 1.27. The summed E-state index contributed by atoms with van der Waals surface area (Å²) in [4.78, 5) is 25.8. The van der Waals surface area contributed by atoms with Gasteiger partial charge in [0.25, 0.3) is 11.7 Å². The standard InChI is InChI=1S/C8H6N6O3/c15-7(6-11-13-14-12-6)10-5-1-4(8(16)17)2-9-3-5/h1-3H,(H,10,15)(H,16,17)(H,11,12,13,14). The third-order valence-electron chi connectivity index (χ3n) is 1.79. The lowest BCUT2D eigenvalue weighted by atomic mass is 10.2. The van der Waals surface area contributed by atoms with E-state index in [-0.39, 0.29) is 17.1 Å². The lowest BCUT2D eigenvalue weighted by Gasteiger charge is -2.02. The molecule has 1 amide bonds. The van der Waals surface area contributed by atoms with Crippen molar-refractivity contribution >= 4 is 17.6 Å². The first-order valence-electron chi connectivity index (χ1n) is 4.40. The van der Waals surface area contributed by atoms with Crippen LogP contribution in [0.2, 0.25) is 0 Å². The third kappa shape index (κ3) is 2.40. The molecule has 0 saturated heterocycles. The predicted molar refractivity (Wildman–Crippen MR) is 53.3 cm³/mol. The number of aromatic amines is 1. The van der Waals surface area contributed by atoms with E-state index >= 15 is 0 Å². The Kier molecular flexibility index (Phi) is 2.73. The number of nitrogens with one attached hydrogen (secondary N) is 2. The minimum absolute atomic E-state index is 0.0316. The van der Waals surface area contributed by atoms with Crippen LogP contribution in [0, 0.1) is 0 Å². The molecule has 0 saturated carbocycles. The van der Waals surface area contributed by atoms with Crippen molar-refractivity contribution in [1.29, 1.82) is 0 Å². The van der Waals surface area contributed by atoms with Crippen LogP contribution in [0.15, 0.2) is 18.5 Å². The number of rotatable bonds is 3. The number of carboxylic acids is 1. The summed E-state index contributed by atoms with van der Waals surface area (Å²) in [7, 11) is 0. The number of aromatic carboxylic acids is 1. The summed E-state index contributed by atoms with van der Waals surface area (Å²) in [6.07, 6.45) is 2.48. The highest BCUT2D eigenvalue weighted by molar-refractivity contribution is 6.01. The first kappa shape index (κ1) is 10.7. The van der Waals surface area contributed by atoms with Crippen LogP contribution in [0.25, 0.3) is 0 Å². The molecule has 0 aliphatic carbocycles. The van der Waals surface area contributed by atoms with E-state index < -0.39 is 11.9 Å². The molecule has 0 aliphatic heterocycles. The van der Waals surface area contributed by atoms with Crippen molar-refractivity contribution in [3.63, 3.8) is 0 Å². The van der Waals surface area contributed by atoms with E-state index in [2.05, 4.69) is 30.9 Å². The maximum atomic E-state index is 11.5. The third-order valence-corrected chi connectivity index (χ3v) is 1.79. The van der Waals surface area contributed by atoms with Crippen molar-refractivity contribution < 1.29 is 14.7 Å². The van der Waals surface area contributed by atoms with Crippen LogP contribution >= 0.6 is 0 Å². The highest BCUT2D eigenvalue weighted by Gasteiger charge is 2.12. The minimum Gasteiger partial charge on any atom is -0.478 e. The summed E-state index contributed by atoms with van der Waals surface area (Å²) in [5.74, 6) is -1.89. The van der Waals surface area contributed by atoms with Crippen LogP contribution in [0.4, 0.5) is 5.69 Å². The monoisotopic (exact) mass is 234 g/mol. The van der Waals surface area contributed by atoms with Crippen LogP contribution in [-0.2, 0) is 0 Å². The predicted octanol–water partition coefficient (Wildman–Crippen LogP) is -0.455. The van der Waals surface area contributed by atoms with Crippen molar-refractivity contribution in [2.75, 3.05) is 5.32 Å². The number of hydrogen-bond acceptors (Lipinski definition) is 6. The van der Waals surface area contributed by atoms with Gasteiger partial charge in [0.1, 0.15) is 0 Å². The van der Waals surface area contributed by atoms with Gasteiger partial charge in [-0.15, -0.1) is 10.2 Å². The van der Waals surface area contributed by atoms with E-state index in [4.69, 9.17) is 5.11 Å². The fourth-order valence-corrected chi connectivity index (χ4v) is 1.07. The minimum atomic E-state index is -1.13. The van der Waals surface area contributed by atoms with Crippen molar-refractivity contribution in [3.8, 4) is 0 Å². The molecule has 9 heteroatoms. The summed E-state index contributed by atoms with van der Waals surface area (Å²) in [6.45, 7) is 0. The van der Waals surface area contributed by atoms with Gasteiger partial charge in [-0.3, -0.25) is 9.78 Å². The Morgan fingerprint density at radius 2 is 2.18 bits per heavy atom. The fraction of sp³-hybridized carbons (Fsp3) is 0. The largest absolute Gasteiger partial charge is 0.478 e. The van der Waals surface area contributed by atoms with E-state index in [9.17, 15) is 9.59 Å². The molecule has 2 aromatic heterocycles. The molecule has 2 aromatic rings. The Bertz CT molecular complexity index is 552. The van der Waals surface area contributed by atoms with Gasteiger partial charge in [-0.2, -0.15) is 5.21 Å². The number of tetrazole rings is 1. The number of nitrogens with zero attached hydrogens (tertiary/aromatic N) is 4. The second-order valence-electron chi connectivity index (χ2n) is 2.96. The first-order chi connectivity index (χ1) is 8.16. The van der Waals surface area contributed by atoms with Crippen molar-refractivity contribution in [1.82, 2.24) is 25.6 Å². The highest BCUT2D eigenvalue weighted by atomic mass is 16.4. The van der Waals surface area contributed by atoms with E-state index in [1.54, 1.807) is 0 Å². The number of anilines is 1. The average molecular weight is 234 g/mol. The number of pyridine rings is 1. The molecule has 0 atom stereocenters. The van der Waals surface area contributed by atoms with Gasteiger partial charge in [0.15, 0.2) is 0 Å². The van der Waals surface area contributed by atoms with E-state index in [1.807, 2.05) is 0 Å². The van der Waals surface area contributed by atoms with Gasteiger partial charge in [-0.1, -0.05) is 0 Å². The molecule has 17 heavy (non-hydrogen) atoms. The van der Waals surface area contributed by atoms with E-state index in [1.165, 1.54) is 18.5 Å². The first-order valence-corrected chi connectivity index (χ1v) is 4.40. The quantitative estimate of drug-likeness (QED) is 0.654. The van der Waals surface area contributed by atoms with Crippen LogP contribution in [0.5, 0.6) is 0 Å². The molecule has 3 N–H and O–H groups in total. The topological polar surface area (TPSA) is 134 Å². The second-order valence-corrected chi connectivity index (χ2v) is 2.96. The van der Waals surface area contributed by atoms with Crippen molar-refractivity contribution in [3.05, 3.63) is 29.8 Å². The molecule has 0 aromatic carbocycles. The Labute approximate surface area is 93.9 Å². The molecule has 2 heterocycles. The summed E-state index contributed by atoms with van der Waals surface area (Å²) in [5.41, 5.74) is 0.204. The molecule has 0 aliphatic rings. The normalized spacial score (nSPS) is 9.88. The smallest absolute Gasteiger partial charge is 0.337 e. The van der Waals surface area contributed by atoms with Gasteiger partial charge in [0.2, 0.25) is 0 Å². The summed E-state index contributed by atoms with van der Waals surface area (Å²) >= 11 is 0. The zero-order valence-corrected chi connectivity index (χ0v) is 8.28. The van der Waals surface area contributed by atoms with Gasteiger partial charge in [-0.05, 0) is 11.3 Å². The lowest BCUT2D eigenvalue weighted by Crippen LogP contribution is -2.14. The van der Waals surface area contributed by atoms with Gasteiger partial charge in [-0.25, -0.2) is 4.79 Å². The molecule has 0 radical (unpaired) electrons. The lowest BCUT2D eigenvalue weighted by molar-refractivity contribution is 0.0696. The van der Waals surface area contributed by atoms with Gasteiger partial charge >= 0.3 is 5.97 Å². The molecular weight excluding hydrogens is 228 g/mol. The van der Waals surface area contributed by atoms with Crippen molar-refractivity contribution in [2.24, 2.45) is 0 Å². The zero-order valence-electron chi connectivity index (χ0n) is 8.28. The molecule has 0 bridgehead atoms. The average Bonchev–Trinajstić information content (AvgIpc) is 2.82. The van der Waals surface area contributed by atoms with E-state index in [0.29, 0.717) is 0 Å². The Hall–Kier alpha value is -2.84. The zero-order chi connectivity index (χ0) is 12.3. The van der Waals surface area contributed by atoms with Gasteiger partial charge < -0.3 is 10.4 Å². The number of carboxylic acid groups (broad SMARTS) is 1. The number of aromatic nitrogens is 5. The molecule has 0 fully saturated rings. The number of carbonyl (C=O) groups is 2. The van der Waals surface area contributed by atoms with Crippen LogP contribution in [0.3, 0.4) is 0 Å². The van der Waals surface area contributed by atoms with Gasteiger partial charge in [0, 0.05) is 6.20 Å². The Morgan fingerprint density at radius 3 is 2.82 bits per heavy atom. The second kappa shape index (κ2) is 4.35. The highest BCUT2D eigenvalue weighted by Crippen LogP contribution is 2.08. The fourth-order valence-electron chi connectivity index (χ4n) is 1.07. The number of H-pyrrole nitrogens is 1. The number of hydrogen-bond donors (Lipinski definition) is 3. The summed E-state index contributed by atoms with van der Waals surface area (Å²) in [5, 5.41) is 23.4. The van der Waals surface area contributed by atoms with Crippen LogP contribution in [-0.4, -0.2) is 42.6 Å². The van der Waals surface area contributed by atoms with Crippen LogP contribution < -0.4 is 5.32 Å². The van der Waals surface area contributed by atoms with Crippen molar-refractivity contribution in [2.45, 2.75) is 0 Å². The molecule has 2 rings (SSSR count). The van der Waals surface area contributed by atoms with Gasteiger partial charge in [0.05, 0.1) is 17.4 Å². The van der Waals surface area contributed by atoms with Crippen LogP contribution in [0.1, 0.15) is 21.0 Å². The molecule has 9 nitrogen and oxygen atoms in total. The SMILES string of the molecule is O=C(O)c1cncc(NC(=O)c2nn[nH]n2)c1. The Morgan fingerprint density at radius 1 is 1.35 bits per heavy atom. The summed E-state index contributed by atoms with van der Waals surface area (Å²) < 4.78 is 0. The molecule has 0 unspecified atom stereocenters.